The fourth-order valence-electron chi connectivity index (χ4n) is 2.88. The molecule has 0 unspecified atom stereocenters. The van der Waals surface area contributed by atoms with Gasteiger partial charge in [-0.15, -0.1) is 5.10 Å². The van der Waals surface area contributed by atoms with Gasteiger partial charge >= 0.3 is 0 Å². The minimum Gasteiger partial charge on any atom is -0.353 e. The number of aromatic nitrogens is 5. The van der Waals surface area contributed by atoms with Crippen LogP contribution in [0.25, 0.3) is 0 Å². The Labute approximate surface area is 144 Å². The Morgan fingerprint density at radius 2 is 1.91 bits per heavy atom. The molecule has 122 valence electrons. The van der Waals surface area contributed by atoms with Crippen LogP contribution in [-0.2, 0) is 6.54 Å². The molecule has 2 aliphatic rings. The highest BCUT2D eigenvalue weighted by molar-refractivity contribution is 6.36. The van der Waals surface area contributed by atoms with Crippen LogP contribution in [0.1, 0.15) is 24.7 Å². The van der Waals surface area contributed by atoms with Gasteiger partial charge in [0.1, 0.15) is 5.82 Å². The lowest BCUT2D eigenvalue weighted by atomic mass is 10.3. The van der Waals surface area contributed by atoms with Crippen molar-refractivity contribution in [3.05, 3.63) is 28.1 Å². The minimum absolute atomic E-state index is 0.512. The van der Waals surface area contributed by atoms with Crippen molar-refractivity contribution in [1.82, 2.24) is 30.1 Å². The van der Waals surface area contributed by atoms with Crippen molar-refractivity contribution in [1.29, 1.82) is 0 Å². The predicted molar refractivity (Wildman–Crippen MR) is 87.8 cm³/mol. The Hall–Kier alpha value is -1.44. The first kappa shape index (κ1) is 15.1. The number of hydrogen-bond acceptors (Lipinski definition) is 6. The fraction of sp³-hybridized carbons (Fsp3) is 0.571. The number of hydrogen-bond donors (Lipinski definition) is 0. The molecule has 2 aromatic rings. The van der Waals surface area contributed by atoms with Gasteiger partial charge in [-0.05, 0) is 29.3 Å². The number of piperazine rings is 1. The molecule has 0 radical (unpaired) electrons. The third-order valence-corrected chi connectivity index (χ3v) is 4.76. The van der Waals surface area contributed by atoms with Gasteiger partial charge in [0.25, 0.3) is 0 Å². The molecule has 4 rings (SSSR count). The average molecular weight is 354 g/mol. The predicted octanol–water partition coefficient (Wildman–Crippen LogP) is 2.03. The number of anilines is 1. The average Bonchev–Trinajstić information content (AvgIpc) is 3.28. The van der Waals surface area contributed by atoms with E-state index in [4.69, 9.17) is 23.2 Å². The summed E-state index contributed by atoms with van der Waals surface area (Å²) in [7, 11) is 0. The zero-order valence-corrected chi connectivity index (χ0v) is 14.1. The second kappa shape index (κ2) is 6.22. The third-order valence-electron chi connectivity index (χ3n) is 4.28. The summed E-state index contributed by atoms with van der Waals surface area (Å²) in [5, 5.41) is 13.3. The molecule has 2 aromatic heterocycles. The van der Waals surface area contributed by atoms with Gasteiger partial charge in [0.05, 0.1) is 22.6 Å². The molecule has 7 nitrogen and oxygen atoms in total. The molecule has 1 saturated carbocycles. The topological polar surface area (TPSA) is 63.0 Å². The molecule has 1 saturated heterocycles. The summed E-state index contributed by atoms with van der Waals surface area (Å²) in [6, 6.07) is 2.25. The number of pyridine rings is 1. The van der Waals surface area contributed by atoms with E-state index in [1.54, 1.807) is 12.3 Å². The Morgan fingerprint density at radius 3 is 2.61 bits per heavy atom. The second-order valence-electron chi connectivity index (χ2n) is 5.99. The molecular weight excluding hydrogens is 337 g/mol. The Balaban J connectivity index is 1.38. The monoisotopic (exact) mass is 353 g/mol. The molecule has 1 aliphatic heterocycles. The van der Waals surface area contributed by atoms with Crippen LogP contribution in [-0.4, -0.2) is 56.3 Å². The lowest BCUT2D eigenvalue weighted by Crippen LogP contribution is -2.46. The van der Waals surface area contributed by atoms with Gasteiger partial charge in [-0.25, -0.2) is 9.67 Å². The molecule has 0 N–H and O–H groups in total. The highest BCUT2D eigenvalue weighted by atomic mass is 35.5. The summed E-state index contributed by atoms with van der Waals surface area (Å²) in [6.07, 6.45) is 4.01. The van der Waals surface area contributed by atoms with Gasteiger partial charge < -0.3 is 4.90 Å². The zero-order chi connectivity index (χ0) is 15.8. The molecule has 2 fully saturated rings. The second-order valence-corrected chi connectivity index (χ2v) is 6.84. The zero-order valence-electron chi connectivity index (χ0n) is 12.6. The smallest absolute Gasteiger partial charge is 0.165 e. The van der Waals surface area contributed by atoms with Crippen LogP contribution in [0.3, 0.4) is 0 Å². The first-order chi connectivity index (χ1) is 11.2. The van der Waals surface area contributed by atoms with Crippen LogP contribution in [0.15, 0.2) is 12.3 Å². The van der Waals surface area contributed by atoms with E-state index in [1.165, 1.54) is 12.8 Å². The van der Waals surface area contributed by atoms with E-state index in [9.17, 15) is 0 Å². The van der Waals surface area contributed by atoms with Gasteiger partial charge in [0.15, 0.2) is 5.82 Å². The molecule has 0 spiro atoms. The number of rotatable bonds is 4. The van der Waals surface area contributed by atoms with Gasteiger partial charge in [-0.2, -0.15) is 0 Å². The van der Waals surface area contributed by atoms with E-state index < -0.39 is 0 Å². The van der Waals surface area contributed by atoms with Gasteiger partial charge in [0, 0.05) is 32.4 Å². The van der Waals surface area contributed by atoms with E-state index in [2.05, 4.69) is 30.3 Å². The lowest BCUT2D eigenvalue weighted by molar-refractivity contribution is 0.238. The maximum absolute atomic E-state index is 6.24. The van der Waals surface area contributed by atoms with Crippen molar-refractivity contribution in [2.24, 2.45) is 0 Å². The summed E-state index contributed by atoms with van der Waals surface area (Å²) < 4.78 is 1.98. The first-order valence-corrected chi connectivity index (χ1v) is 8.51. The largest absolute Gasteiger partial charge is 0.353 e. The highest BCUT2D eigenvalue weighted by Gasteiger charge is 2.29. The molecule has 23 heavy (non-hydrogen) atoms. The fourth-order valence-corrected chi connectivity index (χ4v) is 3.38. The van der Waals surface area contributed by atoms with E-state index in [0.717, 1.165) is 44.4 Å². The molecule has 0 bridgehead atoms. The normalized spacial score (nSPS) is 19.3. The van der Waals surface area contributed by atoms with Crippen molar-refractivity contribution in [3.63, 3.8) is 0 Å². The van der Waals surface area contributed by atoms with Crippen molar-refractivity contribution in [3.8, 4) is 0 Å². The maximum atomic E-state index is 6.24. The van der Waals surface area contributed by atoms with E-state index in [-0.39, 0.29) is 0 Å². The molecule has 0 atom stereocenters. The van der Waals surface area contributed by atoms with E-state index >= 15 is 0 Å². The molecular formula is C14H17Cl2N7. The molecule has 1 aliphatic carbocycles. The van der Waals surface area contributed by atoms with Gasteiger partial charge in [-0.3, -0.25) is 4.90 Å². The Bertz CT molecular complexity index is 692. The van der Waals surface area contributed by atoms with Crippen LogP contribution in [0, 0.1) is 0 Å². The third kappa shape index (κ3) is 3.27. The molecule has 0 aromatic carbocycles. The summed E-state index contributed by atoms with van der Waals surface area (Å²) in [4.78, 5) is 8.91. The van der Waals surface area contributed by atoms with Crippen molar-refractivity contribution >= 4 is 29.0 Å². The first-order valence-electron chi connectivity index (χ1n) is 7.76. The van der Waals surface area contributed by atoms with E-state index in [0.29, 0.717) is 16.1 Å². The van der Waals surface area contributed by atoms with Crippen LogP contribution >= 0.6 is 23.2 Å². The van der Waals surface area contributed by atoms with Crippen LogP contribution in [0.5, 0.6) is 0 Å². The number of tetrazole rings is 1. The Kier molecular flexibility index (Phi) is 4.09. The molecule has 3 heterocycles. The van der Waals surface area contributed by atoms with Crippen molar-refractivity contribution < 1.29 is 0 Å². The van der Waals surface area contributed by atoms with Crippen LogP contribution < -0.4 is 4.90 Å². The van der Waals surface area contributed by atoms with Crippen LogP contribution in [0.4, 0.5) is 5.82 Å². The summed E-state index contributed by atoms with van der Waals surface area (Å²) in [5.74, 6) is 1.77. The maximum Gasteiger partial charge on any atom is 0.165 e. The van der Waals surface area contributed by atoms with E-state index in [1.807, 2.05) is 4.68 Å². The summed E-state index contributed by atoms with van der Waals surface area (Å²) in [6.45, 7) is 4.40. The lowest BCUT2D eigenvalue weighted by Gasteiger charge is -2.35. The van der Waals surface area contributed by atoms with Gasteiger partial charge in [0.2, 0.25) is 0 Å². The number of halogens is 2. The number of nitrogens with zero attached hydrogens (tertiary/aromatic N) is 7. The Morgan fingerprint density at radius 1 is 1.13 bits per heavy atom. The highest BCUT2D eigenvalue weighted by Crippen LogP contribution is 2.34. The minimum atomic E-state index is 0.512. The van der Waals surface area contributed by atoms with Crippen molar-refractivity contribution in [2.75, 3.05) is 31.1 Å². The molecule has 9 heteroatoms. The van der Waals surface area contributed by atoms with Crippen molar-refractivity contribution in [2.45, 2.75) is 25.4 Å². The SMILES string of the molecule is Clc1cnc(N2CCN(Cc3nnnn3C3CC3)CC2)c(Cl)c1. The summed E-state index contributed by atoms with van der Waals surface area (Å²) >= 11 is 12.2. The molecule has 0 amide bonds. The standard InChI is InChI=1S/C14H17Cl2N7/c15-10-7-12(16)14(17-8-10)22-5-3-21(4-6-22)9-13-18-19-20-23(13)11-1-2-11/h7-8,11H,1-6,9H2. The van der Waals surface area contributed by atoms with Crippen LogP contribution in [0.2, 0.25) is 10.0 Å². The quantitative estimate of drug-likeness (QED) is 0.837. The summed E-state index contributed by atoms with van der Waals surface area (Å²) in [5.41, 5.74) is 0. The van der Waals surface area contributed by atoms with Gasteiger partial charge in [-0.1, -0.05) is 23.2 Å².